The van der Waals surface area contributed by atoms with Crippen LogP contribution in [0, 0.1) is 0 Å². The van der Waals surface area contributed by atoms with Gasteiger partial charge in [-0.2, -0.15) is 13.2 Å². The summed E-state index contributed by atoms with van der Waals surface area (Å²) in [4.78, 5) is 38.4. The number of carbonyl (C=O) groups is 3. The van der Waals surface area contributed by atoms with Crippen LogP contribution in [-0.2, 0) is 20.7 Å². The Morgan fingerprint density at radius 1 is 1.14 bits per heavy atom. The smallest absolute Gasteiger partial charge is 0.471 e. The molecule has 226 valence electrons. The van der Waals surface area contributed by atoms with Gasteiger partial charge in [-0.1, -0.05) is 24.3 Å². The molecule has 2 aromatic carbocycles. The molecule has 42 heavy (non-hydrogen) atoms. The first-order valence-electron chi connectivity index (χ1n) is 13.2. The van der Waals surface area contributed by atoms with Crippen LogP contribution < -0.4 is 11.1 Å². The number of aromatic hydroxyl groups is 2. The number of hydrogen-bond donors (Lipinski definition) is 6. The number of aliphatic hydroxyl groups excluding tert-OH is 2. The molecule has 7 N–H and O–H groups in total. The number of ether oxygens (including phenoxy) is 2. The third-order valence-corrected chi connectivity index (χ3v) is 8.28. The van der Waals surface area contributed by atoms with Gasteiger partial charge in [0.05, 0.1) is 35.5 Å². The van der Waals surface area contributed by atoms with Gasteiger partial charge in [0.25, 0.3) is 0 Å². The van der Waals surface area contributed by atoms with E-state index in [9.17, 15) is 48.0 Å². The molecule has 0 saturated carbocycles. The molecule has 0 bridgehead atoms. The lowest BCUT2D eigenvalue weighted by Crippen LogP contribution is -2.58. The van der Waals surface area contributed by atoms with E-state index in [1.54, 1.807) is 11.4 Å². The van der Waals surface area contributed by atoms with E-state index < -0.39 is 95.0 Å². The Morgan fingerprint density at radius 2 is 1.71 bits per heavy atom. The summed E-state index contributed by atoms with van der Waals surface area (Å²) in [5.41, 5.74) is 4.01. The number of hydrogen-bond acceptors (Lipinski definition) is 10. The summed E-state index contributed by atoms with van der Waals surface area (Å²) in [5.74, 6) is -4.99. The molecular formula is C28H29F3N2O9. The molecule has 0 spiro atoms. The van der Waals surface area contributed by atoms with Crippen molar-refractivity contribution in [2.24, 2.45) is 5.73 Å². The summed E-state index contributed by atoms with van der Waals surface area (Å²) in [6.07, 6.45) is -12.6. The number of amides is 1. The number of aliphatic hydroxyl groups is 2. The molecule has 2 aliphatic carbocycles. The summed E-state index contributed by atoms with van der Waals surface area (Å²) in [6, 6.07) is 4.45. The first-order chi connectivity index (χ1) is 19.5. The van der Waals surface area contributed by atoms with Crippen LogP contribution in [-0.4, -0.2) is 80.3 Å². The Morgan fingerprint density at radius 3 is 2.26 bits per heavy atom. The van der Waals surface area contributed by atoms with Crippen molar-refractivity contribution in [3.63, 3.8) is 0 Å². The van der Waals surface area contributed by atoms with Gasteiger partial charge >= 0.3 is 12.1 Å². The fourth-order valence-electron chi connectivity index (χ4n) is 5.91. The number of nitrogens with one attached hydrogen (secondary N) is 1. The molecule has 1 fully saturated rings. The second-order valence-corrected chi connectivity index (χ2v) is 11.0. The molecule has 5 rings (SSSR count). The van der Waals surface area contributed by atoms with Crippen molar-refractivity contribution in [1.29, 1.82) is 0 Å². The van der Waals surface area contributed by atoms with E-state index in [-0.39, 0.29) is 35.1 Å². The Hall–Kier alpha value is -3.56. The van der Waals surface area contributed by atoms with Gasteiger partial charge in [-0.15, -0.1) is 0 Å². The molecule has 14 heteroatoms. The van der Waals surface area contributed by atoms with Gasteiger partial charge in [-0.05, 0) is 26.7 Å². The monoisotopic (exact) mass is 594 g/mol. The van der Waals surface area contributed by atoms with Gasteiger partial charge in [-0.25, -0.2) is 0 Å². The highest BCUT2D eigenvalue weighted by Crippen LogP contribution is 2.52. The fraction of sp³-hybridized carbons (Fsp3) is 0.464. The number of phenolic OH excluding ortho intramolecular Hbond substituents is 2. The van der Waals surface area contributed by atoms with E-state index in [0.717, 1.165) is 0 Å². The van der Waals surface area contributed by atoms with Crippen LogP contribution in [0.2, 0.25) is 0 Å². The predicted molar refractivity (Wildman–Crippen MR) is 137 cm³/mol. The molecule has 2 aromatic rings. The highest BCUT2D eigenvalue weighted by Gasteiger charge is 2.49. The SMILES string of the molecule is CC(O)[C@]1(N)Cc2c(O)c3c(c(O)c2[C@@H](O[C@H]2C[C@H](NC(=O)C(F)(F)F)[C@H](O)[C@H](C)O2)C1)C(=O)c1ccccc1C3=O. The van der Waals surface area contributed by atoms with E-state index in [0.29, 0.717) is 0 Å². The minimum Gasteiger partial charge on any atom is -0.507 e. The van der Waals surface area contributed by atoms with Crippen molar-refractivity contribution in [2.75, 3.05) is 0 Å². The average Bonchev–Trinajstić information content (AvgIpc) is 2.91. The van der Waals surface area contributed by atoms with Gasteiger partial charge < -0.3 is 41.0 Å². The zero-order valence-electron chi connectivity index (χ0n) is 22.4. The number of alkyl halides is 3. The predicted octanol–water partition coefficient (Wildman–Crippen LogP) is 1.50. The third-order valence-electron chi connectivity index (χ3n) is 8.28. The lowest BCUT2D eigenvalue weighted by atomic mass is 9.70. The number of halogens is 3. The zero-order valence-corrected chi connectivity index (χ0v) is 22.4. The molecule has 0 radical (unpaired) electrons. The maximum absolute atomic E-state index is 13.4. The van der Waals surface area contributed by atoms with Crippen LogP contribution in [0.3, 0.4) is 0 Å². The molecule has 3 aliphatic rings. The largest absolute Gasteiger partial charge is 0.507 e. The molecule has 0 aromatic heterocycles. The second kappa shape index (κ2) is 10.3. The highest BCUT2D eigenvalue weighted by molar-refractivity contribution is 6.30. The molecule has 1 unspecified atom stereocenters. The lowest BCUT2D eigenvalue weighted by molar-refractivity contribution is -0.248. The number of benzene rings is 2. The maximum atomic E-state index is 13.4. The van der Waals surface area contributed by atoms with Crippen molar-refractivity contribution in [3.8, 4) is 11.5 Å². The Labute approximate surface area is 237 Å². The Balaban J connectivity index is 1.57. The summed E-state index contributed by atoms with van der Waals surface area (Å²) in [6.45, 7) is 2.74. The van der Waals surface area contributed by atoms with Gasteiger partial charge in [0.1, 0.15) is 17.6 Å². The minimum absolute atomic E-state index is 0.0109. The standard InChI is InChI=1S/C28H29F3N2O9/c1-10-21(35)15(33-26(40)28(29,30)31)7-17(41-10)42-16-9-27(32,11(2)34)8-14-18(16)25(39)20-19(24(14)38)22(36)12-5-3-4-6-13(12)23(20)37/h3-6,10-11,15-17,21,34-35,38-39H,7-9,32H2,1-2H3,(H,33,40)/t10-,11?,15-,16-,17-,21+,27-/m0/s1. The Kier molecular flexibility index (Phi) is 7.34. The van der Waals surface area contributed by atoms with Gasteiger partial charge in [0, 0.05) is 34.2 Å². The van der Waals surface area contributed by atoms with Crippen LogP contribution in [0.25, 0.3) is 0 Å². The van der Waals surface area contributed by atoms with E-state index in [2.05, 4.69) is 0 Å². The lowest BCUT2D eigenvalue weighted by Gasteiger charge is -2.45. The van der Waals surface area contributed by atoms with E-state index >= 15 is 0 Å². The van der Waals surface area contributed by atoms with Crippen molar-refractivity contribution in [2.45, 2.75) is 81.6 Å². The van der Waals surface area contributed by atoms with Crippen LogP contribution in [0.1, 0.15) is 75.8 Å². The van der Waals surface area contributed by atoms with Crippen molar-refractivity contribution >= 4 is 17.5 Å². The van der Waals surface area contributed by atoms with Crippen molar-refractivity contribution < 1.29 is 57.5 Å². The van der Waals surface area contributed by atoms with Crippen molar-refractivity contribution in [3.05, 3.63) is 57.6 Å². The van der Waals surface area contributed by atoms with Crippen LogP contribution in [0.4, 0.5) is 13.2 Å². The summed E-state index contributed by atoms with van der Waals surface area (Å²) in [5, 5.41) is 45.5. The maximum Gasteiger partial charge on any atom is 0.471 e. The number of phenols is 2. The first-order valence-corrected chi connectivity index (χ1v) is 13.2. The fourth-order valence-corrected chi connectivity index (χ4v) is 5.91. The summed E-state index contributed by atoms with van der Waals surface area (Å²) in [7, 11) is 0. The number of nitrogens with two attached hydrogens (primary N) is 1. The van der Waals surface area contributed by atoms with Crippen LogP contribution >= 0.6 is 0 Å². The number of rotatable bonds is 4. The summed E-state index contributed by atoms with van der Waals surface area (Å²) >= 11 is 0. The number of carbonyl (C=O) groups excluding carboxylic acids is 3. The molecule has 1 heterocycles. The van der Waals surface area contributed by atoms with E-state index in [1.165, 1.54) is 32.0 Å². The van der Waals surface area contributed by atoms with Gasteiger partial charge in [-0.3, -0.25) is 14.4 Å². The molecule has 1 saturated heterocycles. The highest BCUT2D eigenvalue weighted by atomic mass is 19.4. The summed E-state index contributed by atoms with van der Waals surface area (Å²) < 4.78 is 50.4. The molecule has 11 nitrogen and oxygen atoms in total. The Bertz CT molecular complexity index is 1480. The van der Waals surface area contributed by atoms with Gasteiger partial charge in [0.15, 0.2) is 17.9 Å². The molecule has 7 atom stereocenters. The van der Waals surface area contributed by atoms with E-state index in [1.807, 2.05) is 0 Å². The van der Waals surface area contributed by atoms with Gasteiger partial charge in [0.2, 0.25) is 0 Å². The first kappa shape index (κ1) is 29.9. The van der Waals surface area contributed by atoms with Crippen LogP contribution in [0.5, 0.6) is 11.5 Å². The minimum atomic E-state index is -5.21. The third kappa shape index (κ3) is 4.82. The van der Waals surface area contributed by atoms with Crippen molar-refractivity contribution in [1.82, 2.24) is 5.32 Å². The number of ketones is 2. The molecule has 1 amide bonds. The molecule has 1 aliphatic heterocycles. The second-order valence-electron chi connectivity index (χ2n) is 11.0. The van der Waals surface area contributed by atoms with Crippen LogP contribution in [0.15, 0.2) is 24.3 Å². The zero-order chi connectivity index (χ0) is 30.9. The number of fused-ring (bicyclic) bond motifs is 3. The normalized spacial score (nSPS) is 29.8. The average molecular weight is 595 g/mol. The quantitative estimate of drug-likeness (QED) is 0.242. The molecular weight excluding hydrogens is 565 g/mol. The van der Waals surface area contributed by atoms with E-state index in [4.69, 9.17) is 15.2 Å². The topological polar surface area (TPSA) is 189 Å².